The van der Waals surface area contributed by atoms with Crippen LogP contribution < -0.4 is 0 Å². The summed E-state index contributed by atoms with van der Waals surface area (Å²) in [5, 5.41) is -0.992. The molecule has 1 rings (SSSR count). The van der Waals surface area contributed by atoms with Crippen LogP contribution in [-0.2, 0) is 17.0 Å². The van der Waals surface area contributed by atoms with Gasteiger partial charge < -0.3 is 0 Å². The van der Waals surface area contributed by atoms with Gasteiger partial charge in [-0.3, -0.25) is 4.21 Å². The van der Waals surface area contributed by atoms with Crippen molar-refractivity contribution in [3.05, 3.63) is 16.9 Å². The lowest BCUT2D eigenvalue weighted by atomic mass is 10.4. The second-order valence-electron chi connectivity index (χ2n) is 2.30. The Hall–Kier alpha value is -0.690. The molecule has 0 radical (unpaired) electrons. The van der Waals surface area contributed by atoms with Gasteiger partial charge in [0.25, 0.3) is 0 Å². The molecule has 0 saturated carbocycles. The standard InChI is InChI=1S/C6H4ClF3N2OS/c1-14(13)5-11-2-3(7)4(12-5)6(8,9)10/h2H,1H3/t14-/m0/s1. The summed E-state index contributed by atoms with van der Waals surface area (Å²) in [6.07, 6.45) is -2.69. The van der Waals surface area contributed by atoms with Crippen LogP contribution in [0.15, 0.2) is 11.4 Å². The highest BCUT2D eigenvalue weighted by Gasteiger charge is 2.36. The zero-order valence-corrected chi connectivity index (χ0v) is 8.37. The van der Waals surface area contributed by atoms with E-state index in [1.165, 1.54) is 6.26 Å². The Balaban J connectivity index is 3.29. The van der Waals surface area contributed by atoms with Gasteiger partial charge in [-0.15, -0.1) is 0 Å². The summed E-state index contributed by atoms with van der Waals surface area (Å²) in [5.41, 5.74) is -1.26. The zero-order chi connectivity index (χ0) is 10.9. The average molecular weight is 245 g/mol. The maximum atomic E-state index is 12.2. The van der Waals surface area contributed by atoms with Crippen molar-refractivity contribution in [2.75, 3.05) is 6.26 Å². The fourth-order valence-electron chi connectivity index (χ4n) is 0.688. The maximum Gasteiger partial charge on any atom is 0.434 e. The molecule has 1 heterocycles. The first-order chi connectivity index (χ1) is 6.32. The second-order valence-corrected chi connectivity index (χ2v) is 3.98. The van der Waals surface area contributed by atoms with E-state index < -0.39 is 27.7 Å². The normalized spacial score (nSPS) is 14.1. The molecular weight excluding hydrogens is 241 g/mol. The second kappa shape index (κ2) is 3.82. The van der Waals surface area contributed by atoms with E-state index in [1.54, 1.807) is 0 Å². The number of aromatic nitrogens is 2. The minimum atomic E-state index is -4.66. The van der Waals surface area contributed by atoms with Crippen molar-refractivity contribution >= 4 is 22.4 Å². The highest BCUT2D eigenvalue weighted by molar-refractivity contribution is 7.84. The molecule has 0 N–H and O–H groups in total. The van der Waals surface area contributed by atoms with Crippen molar-refractivity contribution in [2.24, 2.45) is 0 Å². The molecule has 0 amide bonds. The van der Waals surface area contributed by atoms with E-state index >= 15 is 0 Å². The highest BCUT2D eigenvalue weighted by atomic mass is 35.5. The Kier molecular flexibility index (Phi) is 3.10. The summed E-state index contributed by atoms with van der Waals surface area (Å²) < 4.78 is 47.5. The van der Waals surface area contributed by atoms with Crippen molar-refractivity contribution in [2.45, 2.75) is 11.3 Å². The third kappa shape index (κ3) is 2.42. The van der Waals surface area contributed by atoms with Gasteiger partial charge in [0.05, 0.1) is 22.0 Å². The Morgan fingerprint density at radius 3 is 2.50 bits per heavy atom. The van der Waals surface area contributed by atoms with E-state index in [0.717, 1.165) is 6.20 Å². The van der Waals surface area contributed by atoms with Crippen molar-refractivity contribution < 1.29 is 17.4 Å². The molecule has 0 saturated heterocycles. The fraction of sp³-hybridized carbons (Fsp3) is 0.333. The fourth-order valence-corrected chi connectivity index (χ4v) is 1.31. The number of nitrogens with zero attached hydrogens (tertiary/aromatic N) is 2. The van der Waals surface area contributed by atoms with Crippen molar-refractivity contribution in [3.8, 4) is 0 Å². The van der Waals surface area contributed by atoms with Crippen LogP contribution in [0.5, 0.6) is 0 Å². The molecule has 0 fully saturated rings. The molecule has 0 bridgehead atoms. The quantitative estimate of drug-likeness (QED) is 0.709. The van der Waals surface area contributed by atoms with Gasteiger partial charge in [0, 0.05) is 6.26 Å². The van der Waals surface area contributed by atoms with Gasteiger partial charge in [0.1, 0.15) is 0 Å². The first-order valence-electron chi connectivity index (χ1n) is 3.25. The Labute approximate surface area is 84.8 Å². The Bertz CT molecular complexity index is 382. The minimum Gasteiger partial charge on any atom is -0.251 e. The van der Waals surface area contributed by atoms with Gasteiger partial charge in [-0.2, -0.15) is 13.2 Å². The predicted octanol–water partition coefficient (Wildman–Crippen LogP) is 1.89. The summed E-state index contributed by atoms with van der Waals surface area (Å²) in [6.45, 7) is 0. The monoisotopic (exact) mass is 244 g/mol. The lowest BCUT2D eigenvalue weighted by molar-refractivity contribution is -0.141. The minimum absolute atomic E-state index is 0.387. The topological polar surface area (TPSA) is 42.9 Å². The van der Waals surface area contributed by atoms with E-state index in [9.17, 15) is 17.4 Å². The predicted molar refractivity (Wildman–Crippen MR) is 44.4 cm³/mol. The summed E-state index contributed by atoms with van der Waals surface area (Å²) >= 11 is 5.24. The molecule has 0 aliphatic rings. The van der Waals surface area contributed by atoms with Crippen LogP contribution in [-0.4, -0.2) is 20.4 Å². The third-order valence-electron chi connectivity index (χ3n) is 1.25. The van der Waals surface area contributed by atoms with E-state index in [1.807, 2.05) is 0 Å². The molecule has 78 valence electrons. The van der Waals surface area contributed by atoms with E-state index in [2.05, 4.69) is 9.97 Å². The summed E-state index contributed by atoms with van der Waals surface area (Å²) in [4.78, 5) is 6.48. The van der Waals surface area contributed by atoms with Crippen molar-refractivity contribution in [1.29, 1.82) is 0 Å². The first-order valence-corrected chi connectivity index (χ1v) is 5.19. The molecule has 0 aromatic carbocycles. The molecular formula is C6H4ClF3N2OS. The maximum absolute atomic E-state index is 12.2. The van der Waals surface area contributed by atoms with Crippen molar-refractivity contribution in [3.63, 3.8) is 0 Å². The molecule has 0 spiro atoms. The number of rotatable bonds is 1. The number of hydrogen-bond acceptors (Lipinski definition) is 3. The van der Waals surface area contributed by atoms with Crippen LogP contribution >= 0.6 is 11.6 Å². The number of alkyl halides is 3. The SMILES string of the molecule is C[S@](=O)c1ncc(Cl)c(C(F)(F)F)n1. The van der Waals surface area contributed by atoms with Gasteiger partial charge in [0.15, 0.2) is 5.69 Å². The van der Waals surface area contributed by atoms with Crippen LogP contribution in [0.3, 0.4) is 0 Å². The van der Waals surface area contributed by atoms with Gasteiger partial charge in [-0.25, -0.2) is 9.97 Å². The molecule has 1 atom stereocenters. The molecule has 3 nitrogen and oxygen atoms in total. The lowest BCUT2D eigenvalue weighted by Crippen LogP contribution is -2.12. The van der Waals surface area contributed by atoms with Crippen LogP contribution in [0.2, 0.25) is 5.02 Å². The molecule has 0 aliphatic carbocycles. The highest BCUT2D eigenvalue weighted by Crippen LogP contribution is 2.32. The summed E-state index contributed by atoms with van der Waals surface area (Å²) in [7, 11) is -1.66. The summed E-state index contributed by atoms with van der Waals surface area (Å²) in [6, 6.07) is 0. The van der Waals surface area contributed by atoms with Crippen LogP contribution in [0.4, 0.5) is 13.2 Å². The number of halogens is 4. The molecule has 1 aromatic heterocycles. The van der Waals surface area contributed by atoms with Gasteiger partial charge in [0.2, 0.25) is 5.16 Å². The van der Waals surface area contributed by atoms with Gasteiger partial charge >= 0.3 is 6.18 Å². The molecule has 1 aromatic rings. The first kappa shape index (κ1) is 11.4. The van der Waals surface area contributed by atoms with Crippen LogP contribution in [0.1, 0.15) is 5.69 Å². The molecule has 8 heteroatoms. The van der Waals surface area contributed by atoms with Crippen LogP contribution in [0.25, 0.3) is 0 Å². The van der Waals surface area contributed by atoms with E-state index in [4.69, 9.17) is 11.6 Å². The van der Waals surface area contributed by atoms with E-state index in [0.29, 0.717) is 0 Å². The molecule has 0 unspecified atom stereocenters. The van der Waals surface area contributed by atoms with Crippen LogP contribution in [0, 0.1) is 0 Å². The van der Waals surface area contributed by atoms with Crippen molar-refractivity contribution in [1.82, 2.24) is 9.97 Å². The van der Waals surface area contributed by atoms with Gasteiger partial charge in [-0.05, 0) is 0 Å². The van der Waals surface area contributed by atoms with Gasteiger partial charge in [-0.1, -0.05) is 11.6 Å². The zero-order valence-electron chi connectivity index (χ0n) is 6.80. The average Bonchev–Trinajstić information content (AvgIpc) is 2.02. The molecule has 0 aliphatic heterocycles. The number of hydrogen-bond donors (Lipinski definition) is 0. The Morgan fingerprint density at radius 2 is 2.07 bits per heavy atom. The summed E-state index contributed by atoms with van der Waals surface area (Å²) in [5.74, 6) is 0. The third-order valence-corrected chi connectivity index (χ3v) is 2.24. The van der Waals surface area contributed by atoms with E-state index in [-0.39, 0.29) is 5.16 Å². The smallest absolute Gasteiger partial charge is 0.251 e. The lowest BCUT2D eigenvalue weighted by Gasteiger charge is -2.07. The largest absolute Gasteiger partial charge is 0.434 e. The molecule has 14 heavy (non-hydrogen) atoms. The Morgan fingerprint density at radius 1 is 1.50 bits per heavy atom.